The highest BCUT2D eigenvalue weighted by molar-refractivity contribution is 5.70. The molecule has 0 radical (unpaired) electrons. The molecular weight excluding hydrogens is 118 g/mol. The number of rotatable bonds is 0. The van der Waals surface area contributed by atoms with Crippen LogP contribution in [0, 0.1) is 0 Å². The van der Waals surface area contributed by atoms with Gasteiger partial charge >= 0.3 is 0 Å². The number of nitrogens with zero attached hydrogens (tertiary/aromatic N) is 4. The zero-order valence-corrected chi connectivity index (χ0v) is 4.44. The van der Waals surface area contributed by atoms with Crippen molar-refractivity contribution >= 4 is 11.0 Å². The third kappa shape index (κ3) is 0.543. The Morgan fingerprint density at radius 2 is 2.11 bits per heavy atom. The third-order valence-electron chi connectivity index (χ3n) is 1.04. The van der Waals surface area contributed by atoms with Gasteiger partial charge in [0.15, 0.2) is 0 Å². The molecule has 5 heteroatoms. The first-order valence-corrected chi connectivity index (χ1v) is 2.44. The van der Waals surface area contributed by atoms with Gasteiger partial charge in [0.05, 0.1) is 12.4 Å². The molecule has 2 aromatic heterocycles. The molecule has 2 aromatic rings. The third-order valence-corrected chi connectivity index (χ3v) is 1.04. The molecular formula is C4H3N5. The molecule has 0 aliphatic rings. The number of fused-ring (bicyclic) bond motifs is 1. The highest BCUT2D eigenvalue weighted by atomic mass is 15.3. The summed E-state index contributed by atoms with van der Waals surface area (Å²) in [5, 5.41) is 17.1. The first-order chi connectivity index (χ1) is 4.47. The summed E-state index contributed by atoms with van der Waals surface area (Å²) < 4.78 is 0. The van der Waals surface area contributed by atoms with Crippen LogP contribution in [0.25, 0.3) is 11.0 Å². The standard InChI is InChI=1S/C4H3N5/c1-3-4(2-6-5-1)8-9-7-3/h1-2H,(H,7,8,9). The summed E-state index contributed by atoms with van der Waals surface area (Å²) in [5.74, 6) is 0. The molecule has 0 aliphatic heterocycles. The quantitative estimate of drug-likeness (QED) is 0.521. The van der Waals surface area contributed by atoms with E-state index >= 15 is 0 Å². The smallest absolute Gasteiger partial charge is 0.134 e. The highest BCUT2D eigenvalue weighted by Gasteiger charge is 1.92. The monoisotopic (exact) mass is 121 g/mol. The summed E-state index contributed by atoms with van der Waals surface area (Å²) in [4.78, 5) is 0. The van der Waals surface area contributed by atoms with Crippen LogP contribution >= 0.6 is 0 Å². The average Bonchev–Trinajstić information content (AvgIpc) is 2.33. The van der Waals surface area contributed by atoms with Crippen molar-refractivity contribution in [3.63, 3.8) is 0 Å². The zero-order valence-electron chi connectivity index (χ0n) is 4.44. The van der Waals surface area contributed by atoms with E-state index in [2.05, 4.69) is 25.6 Å². The second kappa shape index (κ2) is 1.48. The second-order valence-electron chi connectivity index (χ2n) is 1.60. The number of aromatic nitrogens is 5. The van der Waals surface area contributed by atoms with E-state index in [0.29, 0.717) is 0 Å². The lowest BCUT2D eigenvalue weighted by molar-refractivity contribution is 0.959. The Bertz CT molecular complexity index is 283. The van der Waals surface area contributed by atoms with Crippen LogP contribution in [0.5, 0.6) is 0 Å². The molecule has 0 fully saturated rings. The Morgan fingerprint density at radius 3 is 3.00 bits per heavy atom. The van der Waals surface area contributed by atoms with Crippen LogP contribution in [0.1, 0.15) is 0 Å². The first-order valence-electron chi connectivity index (χ1n) is 2.44. The van der Waals surface area contributed by atoms with E-state index in [1.807, 2.05) is 0 Å². The fourth-order valence-electron chi connectivity index (χ4n) is 0.613. The van der Waals surface area contributed by atoms with Gasteiger partial charge in [-0.15, -0.1) is 5.10 Å². The number of nitrogens with one attached hydrogen (secondary N) is 1. The van der Waals surface area contributed by atoms with Crippen molar-refractivity contribution in [2.24, 2.45) is 0 Å². The van der Waals surface area contributed by atoms with Crippen LogP contribution < -0.4 is 0 Å². The van der Waals surface area contributed by atoms with Crippen molar-refractivity contribution in [2.45, 2.75) is 0 Å². The fourth-order valence-corrected chi connectivity index (χ4v) is 0.613. The van der Waals surface area contributed by atoms with E-state index in [-0.39, 0.29) is 0 Å². The Balaban J connectivity index is 2.95. The lowest BCUT2D eigenvalue weighted by Crippen LogP contribution is -1.76. The van der Waals surface area contributed by atoms with E-state index in [4.69, 9.17) is 0 Å². The first kappa shape index (κ1) is 4.37. The predicted octanol–water partition coefficient (Wildman–Crippen LogP) is -0.252. The Morgan fingerprint density at radius 1 is 1.22 bits per heavy atom. The summed E-state index contributed by atoms with van der Waals surface area (Å²) in [6.07, 6.45) is 3.13. The Labute approximate surface area is 50.1 Å². The van der Waals surface area contributed by atoms with Crippen LogP contribution in [-0.4, -0.2) is 25.6 Å². The normalized spacial score (nSPS) is 10.2. The molecule has 2 heterocycles. The molecule has 0 atom stereocenters. The van der Waals surface area contributed by atoms with Crippen molar-refractivity contribution < 1.29 is 0 Å². The van der Waals surface area contributed by atoms with Crippen molar-refractivity contribution in [3.8, 4) is 0 Å². The van der Waals surface area contributed by atoms with E-state index < -0.39 is 0 Å². The van der Waals surface area contributed by atoms with Gasteiger partial charge in [0.25, 0.3) is 0 Å². The van der Waals surface area contributed by atoms with Gasteiger partial charge in [0.2, 0.25) is 0 Å². The summed E-state index contributed by atoms with van der Waals surface area (Å²) in [7, 11) is 0. The van der Waals surface area contributed by atoms with Gasteiger partial charge in [-0.05, 0) is 0 Å². The van der Waals surface area contributed by atoms with Gasteiger partial charge < -0.3 is 0 Å². The summed E-state index contributed by atoms with van der Waals surface area (Å²) in [6.45, 7) is 0. The molecule has 2 rings (SSSR count). The number of hydrogen-bond donors (Lipinski definition) is 1. The van der Waals surface area contributed by atoms with Crippen LogP contribution in [-0.2, 0) is 0 Å². The molecule has 5 nitrogen and oxygen atoms in total. The summed E-state index contributed by atoms with van der Waals surface area (Å²) >= 11 is 0. The molecule has 0 unspecified atom stereocenters. The zero-order chi connectivity index (χ0) is 6.10. The highest BCUT2D eigenvalue weighted by Crippen LogP contribution is 1.99. The van der Waals surface area contributed by atoms with Gasteiger partial charge in [0, 0.05) is 0 Å². The summed E-state index contributed by atoms with van der Waals surface area (Å²) in [6, 6.07) is 0. The van der Waals surface area contributed by atoms with Crippen LogP contribution in [0.15, 0.2) is 12.4 Å². The molecule has 44 valence electrons. The molecule has 0 aliphatic carbocycles. The summed E-state index contributed by atoms with van der Waals surface area (Å²) in [5.41, 5.74) is 1.55. The lowest BCUT2D eigenvalue weighted by Gasteiger charge is -1.77. The van der Waals surface area contributed by atoms with Crippen molar-refractivity contribution in [3.05, 3.63) is 12.4 Å². The van der Waals surface area contributed by atoms with Gasteiger partial charge in [0.1, 0.15) is 11.0 Å². The topological polar surface area (TPSA) is 67.3 Å². The molecule has 0 saturated heterocycles. The van der Waals surface area contributed by atoms with Crippen LogP contribution in [0.2, 0.25) is 0 Å². The van der Waals surface area contributed by atoms with Crippen molar-refractivity contribution in [2.75, 3.05) is 0 Å². The maximum Gasteiger partial charge on any atom is 0.134 e. The maximum atomic E-state index is 3.71. The van der Waals surface area contributed by atoms with E-state index in [1.165, 1.54) is 0 Å². The molecule has 1 N–H and O–H groups in total. The second-order valence-corrected chi connectivity index (χ2v) is 1.60. The van der Waals surface area contributed by atoms with Crippen LogP contribution in [0.3, 0.4) is 0 Å². The van der Waals surface area contributed by atoms with Crippen molar-refractivity contribution in [1.29, 1.82) is 0 Å². The average molecular weight is 121 g/mol. The van der Waals surface area contributed by atoms with Gasteiger partial charge in [-0.1, -0.05) is 5.21 Å². The number of hydrogen-bond acceptors (Lipinski definition) is 4. The lowest BCUT2D eigenvalue weighted by atomic mass is 10.5. The molecule has 0 bridgehead atoms. The SMILES string of the molecule is c1nncc2[nH]nnc12. The Hall–Kier alpha value is -1.52. The number of H-pyrrole nitrogens is 1. The Kier molecular flexibility index (Phi) is 0.717. The molecule has 0 amide bonds. The van der Waals surface area contributed by atoms with Gasteiger partial charge in [-0.25, -0.2) is 0 Å². The predicted molar refractivity (Wildman–Crippen MR) is 29.5 cm³/mol. The van der Waals surface area contributed by atoms with E-state index in [9.17, 15) is 0 Å². The molecule has 0 aromatic carbocycles. The van der Waals surface area contributed by atoms with Gasteiger partial charge in [-0.2, -0.15) is 10.2 Å². The minimum absolute atomic E-state index is 0.741. The molecule has 9 heavy (non-hydrogen) atoms. The number of aromatic amines is 1. The largest absolute Gasteiger partial charge is 0.256 e. The van der Waals surface area contributed by atoms with Crippen LogP contribution in [0.4, 0.5) is 0 Å². The minimum atomic E-state index is 0.741. The fraction of sp³-hybridized carbons (Fsp3) is 0. The van der Waals surface area contributed by atoms with Gasteiger partial charge in [-0.3, -0.25) is 5.10 Å². The maximum absolute atomic E-state index is 3.71. The van der Waals surface area contributed by atoms with E-state index in [1.54, 1.807) is 12.4 Å². The van der Waals surface area contributed by atoms with E-state index in [0.717, 1.165) is 11.0 Å². The molecule has 0 spiro atoms. The molecule has 0 saturated carbocycles. The minimum Gasteiger partial charge on any atom is -0.256 e. The van der Waals surface area contributed by atoms with Crippen molar-refractivity contribution in [1.82, 2.24) is 25.6 Å².